The lowest BCUT2D eigenvalue weighted by Crippen LogP contribution is -2.69. The third-order valence-corrected chi connectivity index (χ3v) is 19.9. The first-order valence-electron chi connectivity index (χ1n) is 19.4. The average molecular weight is 824 g/mol. The van der Waals surface area contributed by atoms with E-state index in [2.05, 4.69) is 33.9 Å². The molecule has 1 fully saturated rings. The van der Waals surface area contributed by atoms with Gasteiger partial charge in [0.15, 0.2) is 14.1 Å². The van der Waals surface area contributed by atoms with Crippen molar-refractivity contribution in [2.75, 3.05) is 6.79 Å². The monoisotopic (exact) mass is 823 g/mol. The number of likely N-dealkylation sites (tertiary alicyclic amines) is 1. The van der Waals surface area contributed by atoms with Crippen molar-refractivity contribution in [2.24, 2.45) is 11.3 Å². The number of carbonyl (C=O) groups excluding carboxylic acids is 4. The van der Waals surface area contributed by atoms with E-state index < -0.39 is 75.1 Å². The van der Waals surface area contributed by atoms with Gasteiger partial charge in [0, 0.05) is 18.9 Å². The zero-order chi connectivity index (χ0) is 42.6. The Balaban J connectivity index is 1.82. The van der Waals surface area contributed by atoms with Crippen molar-refractivity contribution in [2.45, 2.75) is 85.2 Å². The van der Waals surface area contributed by atoms with Crippen LogP contribution in [0.1, 0.15) is 75.6 Å². The number of Topliss-reactive ketones (excluding diaryl/α,β-unsaturated/α-hetero) is 1. The van der Waals surface area contributed by atoms with E-state index in [4.69, 9.17) is 13.9 Å². The van der Waals surface area contributed by atoms with Crippen LogP contribution < -0.4 is 15.9 Å². The fraction of sp³-hybridized carbons (Fsp3) is 0.348. The molecule has 0 bridgehead atoms. The van der Waals surface area contributed by atoms with Crippen LogP contribution in [0.2, 0.25) is 18.1 Å². The summed E-state index contributed by atoms with van der Waals surface area (Å²) in [5.74, 6) is -4.34. The zero-order valence-electron chi connectivity index (χ0n) is 34.7. The number of esters is 2. The van der Waals surface area contributed by atoms with Crippen molar-refractivity contribution in [1.82, 2.24) is 4.90 Å². The molecule has 5 rings (SSSR count). The van der Waals surface area contributed by atoms with Crippen LogP contribution in [0.3, 0.4) is 0 Å². The summed E-state index contributed by atoms with van der Waals surface area (Å²) in [6.45, 7) is 13.3. The third-order valence-electron chi connectivity index (χ3n) is 11.0. The maximum atomic E-state index is 15.2. The van der Waals surface area contributed by atoms with Crippen LogP contribution in [-0.2, 0) is 28.3 Å². The summed E-state index contributed by atoms with van der Waals surface area (Å²) in [6.07, 6.45) is -0.908. The fourth-order valence-corrected chi connectivity index (χ4v) is 12.8. The van der Waals surface area contributed by atoms with Crippen LogP contribution in [-0.4, -0.2) is 72.3 Å². The maximum absolute atomic E-state index is 15.2. The number of hydrogen-bond acceptors (Lipinski definition) is 8. The maximum Gasteiger partial charge on any atom is 0.358 e. The van der Waals surface area contributed by atoms with E-state index in [1.54, 1.807) is 26.8 Å². The topological polar surface area (TPSA) is 137 Å². The summed E-state index contributed by atoms with van der Waals surface area (Å²) in [5, 5.41) is 11.8. The molecule has 1 N–H and O–H groups in total. The lowest BCUT2D eigenvalue weighted by molar-refractivity contribution is -0.171. The quantitative estimate of drug-likeness (QED) is 0.0345. The van der Waals surface area contributed by atoms with E-state index in [0.717, 1.165) is 15.9 Å². The van der Waals surface area contributed by atoms with Gasteiger partial charge in [-0.05, 0) is 73.9 Å². The molecule has 4 aromatic rings. The number of carboxylic acid groups (broad SMARTS) is 1. The minimum atomic E-state index is -3.39. The van der Waals surface area contributed by atoms with E-state index in [0.29, 0.717) is 0 Å². The number of ether oxygens (including phenoxy) is 2. The molecule has 306 valence electrons. The molecule has 1 saturated heterocycles. The third kappa shape index (κ3) is 8.97. The van der Waals surface area contributed by atoms with Crippen molar-refractivity contribution in [1.29, 1.82) is 0 Å². The van der Waals surface area contributed by atoms with Crippen molar-refractivity contribution in [3.05, 3.63) is 126 Å². The number of benzene rings is 4. The van der Waals surface area contributed by atoms with Gasteiger partial charge in [0.1, 0.15) is 5.42 Å². The van der Waals surface area contributed by atoms with Gasteiger partial charge in [0.05, 0.1) is 29.0 Å². The van der Waals surface area contributed by atoms with Crippen LogP contribution in [0.25, 0.3) is 0 Å². The summed E-state index contributed by atoms with van der Waals surface area (Å²) < 4.78 is 18.1. The largest absolute Gasteiger partial charge is 0.478 e. The molecular weight excluding hydrogens is 770 g/mol. The molecule has 1 aliphatic rings. The minimum Gasteiger partial charge on any atom is -0.478 e. The molecule has 10 nitrogen and oxygen atoms in total. The lowest BCUT2D eigenvalue weighted by Gasteiger charge is -2.53. The Morgan fingerprint density at radius 2 is 1.22 bits per heavy atom. The first-order valence-corrected chi connectivity index (χ1v) is 24.1. The summed E-state index contributed by atoms with van der Waals surface area (Å²) in [7, 11) is -2.47. The molecule has 4 aromatic carbocycles. The predicted molar refractivity (Wildman–Crippen MR) is 231 cm³/mol. The number of rotatable bonds is 14. The van der Waals surface area contributed by atoms with Gasteiger partial charge in [0.2, 0.25) is 12.7 Å². The van der Waals surface area contributed by atoms with Crippen molar-refractivity contribution in [3.8, 4) is 0 Å². The van der Waals surface area contributed by atoms with Gasteiger partial charge in [-0.15, -0.1) is 0 Å². The minimum absolute atomic E-state index is 0.0146. The second-order valence-corrected chi connectivity index (χ2v) is 25.2. The van der Waals surface area contributed by atoms with Crippen molar-refractivity contribution >= 4 is 66.1 Å². The molecule has 1 heterocycles. The second kappa shape index (κ2) is 17.4. The molecule has 0 spiro atoms. The van der Waals surface area contributed by atoms with Gasteiger partial charge in [-0.25, -0.2) is 9.59 Å². The Morgan fingerprint density at radius 3 is 1.67 bits per heavy atom. The van der Waals surface area contributed by atoms with E-state index in [9.17, 15) is 19.5 Å². The molecule has 12 heteroatoms. The summed E-state index contributed by atoms with van der Waals surface area (Å²) >= 11 is 0. The van der Waals surface area contributed by atoms with Gasteiger partial charge in [0.25, 0.3) is 0 Å². The number of carbonyl (C=O) groups is 5. The molecule has 3 atom stereocenters. The molecule has 0 aromatic heterocycles. The standard InChI is InChI=1S/C46H54NO9PSi/c1-31(56-58(8,9)46(5,6)7)39-37(29-38(48)32-20-19-21-33(28-32)42(50)51)47(40(39)49)41(43(52)54-30-55-44(53)45(2,3)4)57(34-22-13-10-14-23-34,35-24-15-11-16-25-35)36-26-17-12-18-27-36/h10-28,31,37,39H,29-30H2,1-9H3,(H,50,51)/t31-,37-,39-/m1/s1. The molecule has 1 amide bonds. The molecule has 0 unspecified atom stereocenters. The Kier molecular flexibility index (Phi) is 13.2. The normalized spacial score (nSPS) is 16.5. The molecule has 1 aliphatic heterocycles. The Labute approximate surface area is 342 Å². The number of nitrogens with zero attached hydrogens (tertiary/aromatic N) is 1. The fourth-order valence-electron chi connectivity index (χ4n) is 6.99. The van der Waals surface area contributed by atoms with E-state index in [-0.39, 0.29) is 28.0 Å². The van der Waals surface area contributed by atoms with Crippen LogP contribution in [0.15, 0.2) is 115 Å². The van der Waals surface area contributed by atoms with E-state index in [1.165, 1.54) is 23.1 Å². The Bertz CT molecular complexity index is 2110. The summed E-state index contributed by atoms with van der Waals surface area (Å²) in [6, 6.07) is 33.2. The van der Waals surface area contributed by atoms with Gasteiger partial charge in [-0.2, -0.15) is 0 Å². The molecule has 0 radical (unpaired) electrons. The van der Waals surface area contributed by atoms with Gasteiger partial charge in [-0.1, -0.05) is 124 Å². The second-order valence-electron chi connectivity index (χ2n) is 17.1. The van der Waals surface area contributed by atoms with E-state index >= 15 is 9.59 Å². The first kappa shape index (κ1) is 44.0. The zero-order valence-corrected chi connectivity index (χ0v) is 36.6. The highest BCUT2D eigenvalue weighted by Gasteiger charge is 2.57. The highest BCUT2D eigenvalue weighted by atomic mass is 31.2. The van der Waals surface area contributed by atoms with Crippen LogP contribution in [0.5, 0.6) is 0 Å². The van der Waals surface area contributed by atoms with Gasteiger partial charge in [-0.3, -0.25) is 14.4 Å². The number of ketones is 1. The van der Waals surface area contributed by atoms with Crippen LogP contribution in [0, 0.1) is 11.3 Å². The van der Waals surface area contributed by atoms with Gasteiger partial charge < -0.3 is 23.9 Å². The molecule has 0 aliphatic carbocycles. The van der Waals surface area contributed by atoms with Crippen molar-refractivity contribution in [3.63, 3.8) is 0 Å². The van der Waals surface area contributed by atoms with E-state index in [1.807, 2.05) is 97.9 Å². The molecule has 0 saturated carbocycles. The number of carboxylic acids is 1. The molecule has 58 heavy (non-hydrogen) atoms. The molecular formula is C46H54NO9PSi. The predicted octanol–water partition coefficient (Wildman–Crippen LogP) is 7.41. The summed E-state index contributed by atoms with van der Waals surface area (Å²) in [5.41, 5.74) is -0.760. The average Bonchev–Trinajstić information content (AvgIpc) is 3.17. The summed E-state index contributed by atoms with van der Waals surface area (Å²) in [4.78, 5) is 70.9. The first-order chi connectivity index (χ1) is 27.2. The number of β-lactam (4-membered cyclic amide) rings is 1. The number of hydrogen-bond donors (Lipinski definition) is 1. The SMILES string of the molecule is C[C@@H](O[Si](C)(C)C(C)(C)C)[C@H]1C(=O)N(C(C(=O)OCOC(=O)C(C)(C)C)=P(c2ccccc2)(c2ccccc2)c2ccccc2)[C@@H]1CC(=O)c1cccc(C(=O)O)c1. The smallest absolute Gasteiger partial charge is 0.358 e. The van der Waals surface area contributed by atoms with Gasteiger partial charge >= 0.3 is 17.9 Å². The Hall–Kier alpha value is -5.09. The highest BCUT2D eigenvalue weighted by molar-refractivity contribution is 7.96. The lowest BCUT2D eigenvalue weighted by atomic mass is 9.79. The number of aromatic carboxylic acids is 1. The Morgan fingerprint density at radius 1 is 0.741 bits per heavy atom. The van der Waals surface area contributed by atoms with Crippen LogP contribution >= 0.6 is 6.89 Å². The van der Waals surface area contributed by atoms with Crippen molar-refractivity contribution < 1.29 is 43.0 Å². The number of amides is 1. The van der Waals surface area contributed by atoms with Crippen LogP contribution in [0.4, 0.5) is 0 Å². The highest BCUT2D eigenvalue weighted by Crippen LogP contribution is 2.51.